The highest BCUT2D eigenvalue weighted by molar-refractivity contribution is 6.32. The molecule has 3 nitrogen and oxygen atoms in total. The minimum absolute atomic E-state index is 0.0208. The Morgan fingerprint density at radius 3 is 2.62 bits per heavy atom. The molecule has 0 atom stereocenters. The molecule has 0 aliphatic rings. The topological polar surface area (TPSA) is 50.2 Å². The summed E-state index contributed by atoms with van der Waals surface area (Å²) in [5.41, 5.74) is -0.341. The molecule has 2 rings (SSSR count). The quantitative estimate of drug-likeness (QED) is 0.784. The number of halogens is 3. The van der Waals surface area contributed by atoms with Crippen LogP contribution in [0.5, 0.6) is 0 Å². The number of carboxylic acid groups (broad SMARTS) is 1. The zero-order valence-corrected chi connectivity index (χ0v) is 8.42. The Morgan fingerprint density at radius 2 is 2.00 bits per heavy atom. The summed E-state index contributed by atoms with van der Waals surface area (Å²) in [6.45, 7) is 0. The Morgan fingerprint density at radius 1 is 1.31 bits per heavy atom. The number of carboxylic acids is 1. The van der Waals surface area contributed by atoms with Crippen LogP contribution < -0.4 is 0 Å². The summed E-state index contributed by atoms with van der Waals surface area (Å²) in [4.78, 5) is 14.3. The number of nitrogens with zero attached hydrogens (tertiary/aromatic N) is 1. The predicted molar refractivity (Wildman–Crippen MR) is 53.6 cm³/mol. The van der Waals surface area contributed by atoms with Crippen LogP contribution in [0, 0.1) is 11.6 Å². The first-order chi connectivity index (χ1) is 7.49. The predicted octanol–water partition coefficient (Wildman–Crippen LogP) is 2.86. The van der Waals surface area contributed by atoms with Gasteiger partial charge in [-0.15, -0.1) is 0 Å². The summed E-state index contributed by atoms with van der Waals surface area (Å²) in [7, 11) is 0. The Labute approximate surface area is 93.3 Å². The number of hydrogen-bond acceptors (Lipinski definition) is 2. The average Bonchev–Trinajstić information content (AvgIpc) is 2.15. The van der Waals surface area contributed by atoms with Crippen molar-refractivity contribution >= 4 is 28.5 Å². The number of fused-ring (bicyclic) bond motifs is 1. The van der Waals surface area contributed by atoms with Gasteiger partial charge in [0.15, 0.2) is 0 Å². The summed E-state index contributed by atoms with van der Waals surface area (Å²) < 4.78 is 26.2. The van der Waals surface area contributed by atoms with E-state index in [9.17, 15) is 13.6 Å². The van der Waals surface area contributed by atoms with E-state index in [1.165, 1.54) is 0 Å². The van der Waals surface area contributed by atoms with Crippen LogP contribution in [0.1, 0.15) is 10.4 Å². The van der Waals surface area contributed by atoms with Crippen molar-refractivity contribution in [1.82, 2.24) is 4.98 Å². The Bertz CT molecular complexity index is 601. The van der Waals surface area contributed by atoms with Gasteiger partial charge in [0.05, 0.1) is 11.1 Å². The minimum atomic E-state index is -1.32. The largest absolute Gasteiger partial charge is 0.478 e. The number of rotatable bonds is 1. The van der Waals surface area contributed by atoms with E-state index >= 15 is 0 Å². The molecule has 0 amide bonds. The second-order valence-corrected chi connectivity index (χ2v) is 3.44. The number of aromatic carboxylic acids is 1. The second kappa shape index (κ2) is 3.68. The first-order valence-electron chi connectivity index (χ1n) is 4.17. The molecule has 0 aliphatic carbocycles. The van der Waals surface area contributed by atoms with Gasteiger partial charge in [0, 0.05) is 17.5 Å². The van der Waals surface area contributed by atoms with Crippen LogP contribution in [0.4, 0.5) is 8.78 Å². The van der Waals surface area contributed by atoms with E-state index < -0.39 is 17.6 Å². The first-order valence-corrected chi connectivity index (χ1v) is 4.55. The average molecular weight is 244 g/mol. The number of aromatic nitrogens is 1. The molecule has 0 saturated carbocycles. The zero-order chi connectivity index (χ0) is 11.9. The molecule has 0 fully saturated rings. The lowest BCUT2D eigenvalue weighted by Gasteiger charge is -2.03. The molecule has 1 aromatic heterocycles. The van der Waals surface area contributed by atoms with Crippen LogP contribution in [0.25, 0.3) is 10.9 Å². The molecule has 0 radical (unpaired) electrons. The van der Waals surface area contributed by atoms with Gasteiger partial charge in [0.1, 0.15) is 16.8 Å². The van der Waals surface area contributed by atoms with Crippen LogP contribution in [-0.2, 0) is 0 Å². The van der Waals surface area contributed by atoms with Crippen LogP contribution in [0.3, 0.4) is 0 Å². The van der Waals surface area contributed by atoms with E-state index in [1.54, 1.807) is 0 Å². The van der Waals surface area contributed by atoms with Crippen LogP contribution >= 0.6 is 11.6 Å². The molecule has 2 aromatic rings. The molecule has 0 unspecified atom stereocenters. The maximum absolute atomic E-state index is 13.3. The Hall–Kier alpha value is -1.75. The molecular weight excluding hydrogens is 240 g/mol. The van der Waals surface area contributed by atoms with Crippen molar-refractivity contribution < 1.29 is 18.7 Å². The number of carbonyl (C=O) groups is 1. The van der Waals surface area contributed by atoms with Gasteiger partial charge >= 0.3 is 5.97 Å². The van der Waals surface area contributed by atoms with E-state index in [0.717, 1.165) is 12.1 Å². The normalized spacial score (nSPS) is 10.7. The van der Waals surface area contributed by atoms with Crippen molar-refractivity contribution in [2.75, 3.05) is 0 Å². The summed E-state index contributed by atoms with van der Waals surface area (Å²) in [6, 6.07) is 2.67. The van der Waals surface area contributed by atoms with Crippen molar-refractivity contribution in [2.45, 2.75) is 0 Å². The lowest BCUT2D eigenvalue weighted by Crippen LogP contribution is -2.00. The second-order valence-electron chi connectivity index (χ2n) is 3.09. The van der Waals surface area contributed by atoms with E-state index in [2.05, 4.69) is 4.98 Å². The van der Waals surface area contributed by atoms with Gasteiger partial charge in [0.2, 0.25) is 0 Å². The molecular formula is C10H4ClF2NO2. The Kier molecular flexibility index (Phi) is 2.47. The van der Waals surface area contributed by atoms with Gasteiger partial charge in [-0.25, -0.2) is 18.6 Å². The monoisotopic (exact) mass is 243 g/mol. The number of hydrogen-bond donors (Lipinski definition) is 1. The highest BCUT2D eigenvalue weighted by Gasteiger charge is 2.14. The number of pyridine rings is 1. The molecule has 0 bridgehead atoms. The van der Waals surface area contributed by atoms with Gasteiger partial charge in [-0.1, -0.05) is 11.6 Å². The molecule has 6 heteroatoms. The van der Waals surface area contributed by atoms with E-state index in [0.29, 0.717) is 6.07 Å². The maximum Gasteiger partial charge on any atom is 0.338 e. The third-order valence-electron chi connectivity index (χ3n) is 2.03. The molecule has 16 heavy (non-hydrogen) atoms. The Balaban J connectivity index is 2.84. The summed E-state index contributed by atoms with van der Waals surface area (Å²) >= 11 is 5.57. The van der Waals surface area contributed by atoms with Crippen LogP contribution in [0.15, 0.2) is 18.2 Å². The molecule has 1 aromatic carbocycles. The fraction of sp³-hybridized carbons (Fsp3) is 0. The molecule has 0 saturated heterocycles. The number of benzene rings is 1. The lowest BCUT2D eigenvalue weighted by atomic mass is 10.1. The summed E-state index contributed by atoms with van der Waals surface area (Å²) in [5, 5.41) is 8.37. The van der Waals surface area contributed by atoms with Gasteiger partial charge in [-0.2, -0.15) is 0 Å². The fourth-order valence-electron chi connectivity index (χ4n) is 1.33. The van der Waals surface area contributed by atoms with Crippen molar-refractivity contribution in [1.29, 1.82) is 0 Å². The van der Waals surface area contributed by atoms with E-state index in [4.69, 9.17) is 16.7 Å². The van der Waals surface area contributed by atoms with Crippen LogP contribution in [0.2, 0.25) is 5.15 Å². The zero-order valence-electron chi connectivity index (χ0n) is 7.67. The van der Waals surface area contributed by atoms with Gasteiger partial charge < -0.3 is 5.11 Å². The summed E-state index contributed by atoms with van der Waals surface area (Å²) in [5.74, 6) is -2.98. The summed E-state index contributed by atoms with van der Waals surface area (Å²) in [6.07, 6.45) is 0. The first kappa shape index (κ1) is 10.8. The van der Waals surface area contributed by atoms with Crippen molar-refractivity contribution in [3.05, 3.63) is 40.6 Å². The highest BCUT2D eigenvalue weighted by atomic mass is 35.5. The van der Waals surface area contributed by atoms with Gasteiger partial charge in [-0.3, -0.25) is 0 Å². The van der Waals surface area contributed by atoms with Gasteiger partial charge in [-0.05, 0) is 6.07 Å². The third-order valence-corrected chi connectivity index (χ3v) is 2.32. The third kappa shape index (κ3) is 1.69. The maximum atomic E-state index is 13.3. The standard InChI is InChI=1S/C10H4ClF2NO2/c11-9-6(10(15)16)3-5-7(13)1-4(12)2-8(5)14-9/h1-3H,(H,15,16). The fourth-order valence-corrected chi connectivity index (χ4v) is 1.55. The highest BCUT2D eigenvalue weighted by Crippen LogP contribution is 2.23. The van der Waals surface area contributed by atoms with E-state index in [-0.39, 0.29) is 21.6 Å². The smallest absolute Gasteiger partial charge is 0.338 e. The van der Waals surface area contributed by atoms with Crippen LogP contribution in [-0.4, -0.2) is 16.1 Å². The SMILES string of the molecule is O=C(O)c1cc2c(F)cc(F)cc2nc1Cl. The van der Waals surface area contributed by atoms with Crippen molar-refractivity contribution in [2.24, 2.45) is 0 Å². The molecule has 1 N–H and O–H groups in total. The van der Waals surface area contributed by atoms with Crippen molar-refractivity contribution in [3.63, 3.8) is 0 Å². The molecule has 0 aliphatic heterocycles. The van der Waals surface area contributed by atoms with Gasteiger partial charge in [0.25, 0.3) is 0 Å². The van der Waals surface area contributed by atoms with E-state index in [1.807, 2.05) is 0 Å². The minimum Gasteiger partial charge on any atom is -0.478 e. The van der Waals surface area contributed by atoms with Crippen molar-refractivity contribution in [3.8, 4) is 0 Å². The molecule has 82 valence electrons. The molecule has 1 heterocycles. The molecule has 0 spiro atoms. The lowest BCUT2D eigenvalue weighted by molar-refractivity contribution is 0.0697.